The van der Waals surface area contributed by atoms with Crippen molar-refractivity contribution in [2.45, 2.75) is 6.54 Å². The van der Waals surface area contributed by atoms with Gasteiger partial charge in [-0.25, -0.2) is 4.39 Å². The zero-order chi connectivity index (χ0) is 13.8. The van der Waals surface area contributed by atoms with Gasteiger partial charge in [0.2, 0.25) is 0 Å². The van der Waals surface area contributed by atoms with E-state index in [9.17, 15) is 4.39 Å². The maximum atomic E-state index is 13.0. The highest BCUT2D eigenvalue weighted by molar-refractivity contribution is 6.33. The SMILES string of the molecule is CNCc1cccc(Cl)c1N(C)c1ccc(F)cc1. The van der Waals surface area contributed by atoms with Crippen LogP contribution in [-0.2, 0) is 6.54 Å². The van der Waals surface area contributed by atoms with Crippen LogP contribution in [0.1, 0.15) is 5.56 Å². The van der Waals surface area contributed by atoms with Crippen LogP contribution in [-0.4, -0.2) is 14.1 Å². The van der Waals surface area contributed by atoms with Crippen LogP contribution < -0.4 is 10.2 Å². The second-order valence-corrected chi connectivity index (χ2v) is 4.72. The summed E-state index contributed by atoms with van der Waals surface area (Å²) in [7, 11) is 3.82. The van der Waals surface area contributed by atoms with Gasteiger partial charge in [0.1, 0.15) is 5.82 Å². The fourth-order valence-electron chi connectivity index (χ4n) is 2.06. The molecule has 0 bridgehead atoms. The molecule has 0 radical (unpaired) electrons. The van der Waals surface area contributed by atoms with Crippen molar-refractivity contribution in [3.05, 3.63) is 58.9 Å². The van der Waals surface area contributed by atoms with Crippen LogP contribution in [0.4, 0.5) is 15.8 Å². The van der Waals surface area contributed by atoms with Crippen LogP contribution in [0.5, 0.6) is 0 Å². The minimum Gasteiger partial charge on any atom is -0.343 e. The van der Waals surface area contributed by atoms with Crippen molar-refractivity contribution in [3.63, 3.8) is 0 Å². The van der Waals surface area contributed by atoms with E-state index in [1.807, 2.05) is 37.2 Å². The number of nitrogens with one attached hydrogen (secondary N) is 1. The maximum Gasteiger partial charge on any atom is 0.123 e. The Morgan fingerprint density at radius 3 is 2.47 bits per heavy atom. The van der Waals surface area contributed by atoms with E-state index in [2.05, 4.69) is 5.32 Å². The highest BCUT2D eigenvalue weighted by Gasteiger charge is 2.12. The summed E-state index contributed by atoms with van der Waals surface area (Å²) in [6, 6.07) is 12.2. The second-order valence-electron chi connectivity index (χ2n) is 4.31. The fourth-order valence-corrected chi connectivity index (χ4v) is 2.38. The molecule has 2 nitrogen and oxygen atoms in total. The molecule has 0 aromatic heterocycles. The predicted octanol–water partition coefficient (Wildman–Crippen LogP) is 3.97. The summed E-state index contributed by atoms with van der Waals surface area (Å²) < 4.78 is 13.0. The molecule has 4 heteroatoms. The molecule has 0 fully saturated rings. The number of nitrogens with zero attached hydrogens (tertiary/aromatic N) is 1. The van der Waals surface area contributed by atoms with E-state index in [1.165, 1.54) is 12.1 Å². The zero-order valence-electron chi connectivity index (χ0n) is 11.0. The molecule has 0 aliphatic carbocycles. The van der Waals surface area contributed by atoms with E-state index >= 15 is 0 Å². The fraction of sp³-hybridized carbons (Fsp3) is 0.200. The van der Waals surface area contributed by atoms with Gasteiger partial charge < -0.3 is 10.2 Å². The molecule has 2 aromatic rings. The topological polar surface area (TPSA) is 15.3 Å². The number of anilines is 2. The van der Waals surface area contributed by atoms with Crippen LogP contribution in [0.15, 0.2) is 42.5 Å². The number of hydrogen-bond donors (Lipinski definition) is 1. The number of benzene rings is 2. The Kier molecular flexibility index (Phi) is 4.40. The largest absolute Gasteiger partial charge is 0.343 e. The van der Waals surface area contributed by atoms with Crippen LogP contribution in [0.2, 0.25) is 5.02 Å². The molecule has 1 N–H and O–H groups in total. The third-order valence-electron chi connectivity index (χ3n) is 2.99. The second kappa shape index (κ2) is 6.04. The normalized spacial score (nSPS) is 10.5. The molecule has 0 unspecified atom stereocenters. The molecule has 0 aliphatic heterocycles. The Labute approximate surface area is 117 Å². The van der Waals surface area contributed by atoms with E-state index in [1.54, 1.807) is 12.1 Å². The lowest BCUT2D eigenvalue weighted by Gasteiger charge is -2.24. The minimum atomic E-state index is -0.244. The standard InChI is InChI=1S/C15H16ClFN2/c1-18-10-11-4-3-5-14(16)15(11)19(2)13-8-6-12(17)7-9-13/h3-9,18H,10H2,1-2H3. The van der Waals surface area contributed by atoms with E-state index < -0.39 is 0 Å². The van der Waals surface area contributed by atoms with Crippen molar-refractivity contribution in [1.29, 1.82) is 0 Å². The molecule has 0 saturated carbocycles. The van der Waals surface area contributed by atoms with Crippen LogP contribution in [0.25, 0.3) is 0 Å². The Morgan fingerprint density at radius 1 is 1.16 bits per heavy atom. The third-order valence-corrected chi connectivity index (χ3v) is 3.29. The average Bonchev–Trinajstić information content (AvgIpc) is 2.39. The maximum absolute atomic E-state index is 13.0. The highest BCUT2D eigenvalue weighted by Crippen LogP contribution is 2.33. The number of hydrogen-bond acceptors (Lipinski definition) is 2. The highest BCUT2D eigenvalue weighted by atomic mass is 35.5. The molecular formula is C15H16ClFN2. The molecule has 2 aromatic carbocycles. The van der Waals surface area contributed by atoms with Gasteiger partial charge in [-0.05, 0) is 42.9 Å². The Hall–Kier alpha value is -1.58. The van der Waals surface area contributed by atoms with Crippen molar-refractivity contribution in [2.75, 3.05) is 19.0 Å². The molecule has 100 valence electrons. The third kappa shape index (κ3) is 3.06. The summed E-state index contributed by atoms with van der Waals surface area (Å²) in [5, 5.41) is 3.80. The van der Waals surface area contributed by atoms with E-state index in [4.69, 9.17) is 11.6 Å². The minimum absolute atomic E-state index is 0.244. The summed E-state index contributed by atoms with van der Waals surface area (Å²) in [5.74, 6) is -0.244. The average molecular weight is 279 g/mol. The molecule has 0 amide bonds. The number of rotatable bonds is 4. The molecule has 0 saturated heterocycles. The van der Waals surface area contributed by atoms with Gasteiger partial charge in [0.05, 0.1) is 10.7 Å². The summed E-state index contributed by atoms with van der Waals surface area (Å²) >= 11 is 6.30. The lowest BCUT2D eigenvalue weighted by molar-refractivity contribution is 0.628. The summed E-state index contributed by atoms with van der Waals surface area (Å²) in [5.41, 5.74) is 2.93. The number of halogens is 2. The van der Waals surface area contributed by atoms with Crippen molar-refractivity contribution in [1.82, 2.24) is 5.32 Å². The molecule has 2 rings (SSSR count). The summed E-state index contributed by atoms with van der Waals surface area (Å²) in [4.78, 5) is 1.97. The van der Waals surface area contributed by atoms with Crippen LogP contribution in [0.3, 0.4) is 0 Å². The van der Waals surface area contributed by atoms with Crippen LogP contribution in [0, 0.1) is 5.82 Å². The Bertz CT molecular complexity index is 555. The van der Waals surface area contributed by atoms with Gasteiger partial charge in [-0.15, -0.1) is 0 Å². The smallest absolute Gasteiger partial charge is 0.123 e. The van der Waals surface area contributed by atoms with E-state index in [0.29, 0.717) is 5.02 Å². The van der Waals surface area contributed by atoms with Gasteiger partial charge in [-0.2, -0.15) is 0 Å². The Balaban J connectivity index is 2.42. The first kappa shape index (κ1) is 13.8. The monoisotopic (exact) mass is 278 g/mol. The first-order valence-corrected chi connectivity index (χ1v) is 6.42. The first-order valence-electron chi connectivity index (χ1n) is 6.04. The zero-order valence-corrected chi connectivity index (χ0v) is 11.7. The van der Waals surface area contributed by atoms with Gasteiger partial charge in [-0.1, -0.05) is 23.7 Å². The van der Waals surface area contributed by atoms with Gasteiger partial charge in [-0.3, -0.25) is 0 Å². The van der Waals surface area contributed by atoms with Gasteiger partial charge in [0.15, 0.2) is 0 Å². The number of para-hydroxylation sites is 1. The van der Waals surface area contributed by atoms with Gasteiger partial charge >= 0.3 is 0 Å². The van der Waals surface area contributed by atoms with Gasteiger partial charge in [0, 0.05) is 19.3 Å². The summed E-state index contributed by atoms with van der Waals surface area (Å²) in [6.45, 7) is 0.724. The molecule has 0 aliphatic rings. The molecule has 0 heterocycles. The first-order chi connectivity index (χ1) is 9.13. The van der Waals surface area contributed by atoms with E-state index in [0.717, 1.165) is 23.5 Å². The van der Waals surface area contributed by atoms with E-state index in [-0.39, 0.29) is 5.82 Å². The molecule has 0 atom stereocenters. The Morgan fingerprint density at radius 2 is 1.84 bits per heavy atom. The lowest BCUT2D eigenvalue weighted by Crippen LogP contribution is -2.15. The molecule has 19 heavy (non-hydrogen) atoms. The van der Waals surface area contributed by atoms with Crippen molar-refractivity contribution in [2.24, 2.45) is 0 Å². The summed E-state index contributed by atoms with van der Waals surface area (Å²) in [6.07, 6.45) is 0. The van der Waals surface area contributed by atoms with Crippen LogP contribution >= 0.6 is 11.6 Å². The molecule has 0 spiro atoms. The molecular weight excluding hydrogens is 263 g/mol. The van der Waals surface area contributed by atoms with Gasteiger partial charge in [0.25, 0.3) is 0 Å². The van der Waals surface area contributed by atoms with Crippen molar-refractivity contribution < 1.29 is 4.39 Å². The predicted molar refractivity (Wildman–Crippen MR) is 78.7 cm³/mol. The van der Waals surface area contributed by atoms with Crippen molar-refractivity contribution in [3.8, 4) is 0 Å². The lowest BCUT2D eigenvalue weighted by atomic mass is 10.1. The quantitative estimate of drug-likeness (QED) is 0.910. The van der Waals surface area contributed by atoms with Crippen molar-refractivity contribution >= 4 is 23.0 Å².